The number of benzene rings is 1. The first-order chi connectivity index (χ1) is 17.9. The number of amides is 3. The number of hydrogen-bond acceptors (Lipinski definition) is 7. The van der Waals surface area contributed by atoms with Gasteiger partial charge in [-0.3, -0.25) is 24.4 Å². The molecule has 1 aromatic carbocycles. The summed E-state index contributed by atoms with van der Waals surface area (Å²) in [6, 6.07) is 7.76. The summed E-state index contributed by atoms with van der Waals surface area (Å²) < 4.78 is 4.65. The Bertz CT molecular complexity index is 866. The van der Waals surface area contributed by atoms with Gasteiger partial charge in [0.25, 0.3) is 5.91 Å². The van der Waals surface area contributed by atoms with Crippen LogP contribution in [0, 0.1) is 0 Å². The molecule has 2 atom stereocenters. The second kappa shape index (κ2) is 16.7. The third kappa shape index (κ3) is 10.5. The molecule has 0 aromatic heterocycles. The van der Waals surface area contributed by atoms with Crippen LogP contribution in [0.25, 0.3) is 0 Å². The van der Waals surface area contributed by atoms with Crippen LogP contribution in [0.1, 0.15) is 69.8 Å². The second-order valence-electron chi connectivity index (χ2n) is 9.50. The number of nitrogens with two attached hydrogens (primary N) is 1. The summed E-state index contributed by atoms with van der Waals surface area (Å²) in [6.45, 7) is 0.673. The molecule has 0 spiro atoms. The molecule has 0 unspecified atom stereocenters. The van der Waals surface area contributed by atoms with E-state index in [1.54, 1.807) is 0 Å². The van der Waals surface area contributed by atoms with Crippen molar-refractivity contribution in [3.05, 3.63) is 35.9 Å². The molecule has 0 bridgehead atoms. The van der Waals surface area contributed by atoms with Crippen molar-refractivity contribution >= 4 is 23.7 Å². The lowest BCUT2D eigenvalue weighted by molar-refractivity contribution is -0.195. The topological polar surface area (TPSA) is 142 Å². The fourth-order valence-corrected chi connectivity index (χ4v) is 4.53. The minimum atomic E-state index is -1.03. The number of nitrogens with one attached hydrogen (secondary N) is 1. The Morgan fingerprint density at radius 1 is 1.08 bits per heavy atom. The summed E-state index contributed by atoms with van der Waals surface area (Å²) in [5.74, 6) is -1.29. The number of hydrogen-bond donors (Lipinski definition) is 3. The van der Waals surface area contributed by atoms with Gasteiger partial charge in [-0.2, -0.15) is 0 Å². The van der Waals surface area contributed by atoms with Gasteiger partial charge in [0.05, 0.1) is 7.11 Å². The van der Waals surface area contributed by atoms with Gasteiger partial charge in [-0.05, 0) is 31.4 Å². The van der Waals surface area contributed by atoms with E-state index in [0.717, 1.165) is 44.1 Å². The first-order valence-electron chi connectivity index (χ1n) is 13.3. The predicted molar refractivity (Wildman–Crippen MR) is 138 cm³/mol. The lowest BCUT2D eigenvalue weighted by Crippen LogP contribution is -2.62. The Kier molecular flexibility index (Phi) is 13.7. The Hall–Kier alpha value is -2.98. The van der Waals surface area contributed by atoms with Gasteiger partial charge in [0.1, 0.15) is 12.6 Å². The Labute approximate surface area is 219 Å². The zero-order chi connectivity index (χ0) is 27.0. The van der Waals surface area contributed by atoms with Crippen molar-refractivity contribution in [2.45, 2.75) is 82.7 Å². The first kappa shape index (κ1) is 30.2. The van der Waals surface area contributed by atoms with E-state index < -0.39 is 18.0 Å². The molecule has 1 aliphatic heterocycles. The van der Waals surface area contributed by atoms with E-state index in [1.165, 1.54) is 12.0 Å². The molecule has 0 aliphatic carbocycles. The number of piperazine rings is 1. The van der Waals surface area contributed by atoms with Gasteiger partial charge in [-0.15, -0.1) is 0 Å². The van der Waals surface area contributed by atoms with Crippen LogP contribution in [0.3, 0.4) is 0 Å². The number of methoxy groups -OCH3 is 1. The molecule has 1 aliphatic rings. The molecule has 37 heavy (non-hydrogen) atoms. The number of esters is 1. The summed E-state index contributed by atoms with van der Waals surface area (Å²) >= 11 is 0. The molecule has 4 N–H and O–H groups in total. The van der Waals surface area contributed by atoms with Gasteiger partial charge in [-0.1, -0.05) is 62.4 Å². The van der Waals surface area contributed by atoms with Crippen LogP contribution in [0.4, 0.5) is 0 Å². The molecule has 10 nitrogen and oxygen atoms in total. The minimum absolute atomic E-state index is 0.0895. The lowest BCUT2D eigenvalue weighted by atomic mass is 9.97. The second-order valence-corrected chi connectivity index (χ2v) is 9.50. The number of carbonyl (C=O) groups is 4. The monoisotopic (exact) mass is 518 g/mol. The van der Waals surface area contributed by atoms with Crippen molar-refractivity contribution in [3.8, 4) is 0 Å². The number of nitrogens with zero attached hydrogens (tertiary/aromatic N) is 2. The van der Waals surface area contributed by atoms with E-state index in [9.17, 15) is 24.4 Å². The van der Waals surface area contributed by atoms with Gasteiger partial charge >= 0.3 is 5.97 Å². The first-order valence-corrected chi connectivity index (χ1v) is 13.3. The fraction of sp³-hybridized carbons (Fsp3) is 0.630. The van der Waals surface area contributed by atoms with Crippen molar-refractivity contribution in [2.24, 2.45) is 5.73 Å². The van der Waals surface area contributed by atoms with Gasteiger partial charge in [-0.25, -0.2) is 5.06 Å². The third-order valence-corrected chi connectivity index (χ3v) is 6.66. The van der Waals surface area contributed by atoms with Crippen LogP contribution < -0.4 is 11.1 Å². The average molecular weight is 519 g/mol. The molecule has 10 heteroatoms. The summed E-state index contributed by atoms with van der Waals surface area (Å²) in [4.78, 5) is 51.4. The minimum Gasteiger partial charge on any atom is -0.469 e. The van der Waals surface area contributed by atoms with Gasteiger partial charge in [0.15, 0.2) is 0 Å². The highest BCUT2D eigenvalue weighted by Gasteiger charge is 2.42. The summed E-state index contributed by atoms with van der Waals surface area (Å²) in [7, 11) is 1.39. The number of rotatable bonds is 17. The third-order valence-electron chi connectivity index (χ3n) is 6.66. The van der Waals surface area contributed by atoms with Gasteiger partial charge in [0.2, 0.25) is 11.8 Å². The lowest BCUT2D eigenvalue weighted by Gasteiger charge is -2.40. The van der Waals surface area contributed by atoms with E-state index in [-0.39, 0.29) is 37.2 Å². The molecule has 1 fully saturated rings. The van der Waals surface area contributed by atoms with Crippen LogP contribution in [0.15, 0.2) is 30.3 Å². The quantitative estimate of drug-likeness (QED) is 0.163. The summed E-state index contributed by atoms with van der Waals surface area (Å²) in [5, 5.41) is 13.8. The van der Waals surface area contributed by atoms with Gasteiger partial charge < -0.3 is 20.7 Å². The fourth-order valence-electron chi connectivity index (χ4n) is 4.53. The van der Waals surface area contributed by atoms with E-state index in [1.807, 2.05) is 30.3 Å². The smallest absolute Gasteiger partial charge is 0.305 e. The maximum atomic E-state index is 13.4. The van der Waals surface area contributed by atoms with Crippen molar-refractivity contribution in [3.63, 3.8) is 0 Å². The largest absolute Gasteiger partial charge is 0.469 e. The van der Waals surface area contributed by atoms with E-state index in [4.69, 9.17) is 5.73 Å². The van der Waals surface area contributed by atoms with Crippen LogP contribution >= 0.6 is 0 Å². The van der Waals surface area contributed by atoms with Crippen LogP contribution in [0.5, 0.6) is 0 Å². The zero-order valence-corrected chi connectivity index (χ0v) is 21.9. The van der Waals surface area contributed by atoms with E-state index in [0.29, 0.717) is 37.4 Å². The molecular weight excluding hydrogens is 476 g/mol. The number of unbranched alkanes of at least 4 members (excludes halogenated alkanes) is 5. The Morgan fingerprint density at radius 3 is 2.43 bits per heavy atom. The highest BCUT2D eigenvalue weighted by molar-refractivity contribution is 5.95. The SMILES string of the molecule is COC(=O)CCCCCCCC[C@H](CC(=O)NCCCN)N1CC(=O)N(O)[C@@H](Cc2ccccc2)C1=O. The highest BCUT2D eigenvalue weighted by atomic mass is 16.5. The van der Waals surface area contributed by atoms with Crippen molar-refractivity contribution < 1.29 is 29.1 Å². The van der Waals surface area contributed by atoms with Crippen molar-refractivity contribution in [1.82, 2.24) is 15.3 Å². The molecule has 1 saturated heterocycles. The number of ether oxygens (including phenoxy) is 1. The van der Waals surface area contributed by atoms with Crippen LogP contribution in [-0.4, -0.2) is 77.7 Å². The maximum absolute atomic E-state index is 13.4. The highest BCUT2D eigenvalue weighted by Crippen LogP contribution is 2.23. The average Bonchev–Trinajstić information content (AvgIpc) is 2.90. The predicted octanol–water partition coefficient (Wildman–Crippen LogP) is 2.18. The molecule has 0 radical (unpaired) electrons. The molecule has 1 heterocycles. The molecule has 3 amide bonds. The normalized spacial score (nSPS) is 16.6. The summed E-state index contributed by atoms with van der Waals surface area (Å²) in [5.41, 5.74) is 6.34. The van der Waals surface area contributed by atoms with E-state index >= 15 is 0 Å². The molecule has 2 rings (SSSR count). The van der Waals surface area contributed by atoms with E-state index in [2.05, 4.69) is 10.1 Å². The Morgan fingerprint density at radius 2 is 1.76 bits per heavy atom. The van der Waals surface area contributed by atoms with Crippen LogP contribution in [-0.2, 0) is 30.3 Å². The maximum Gasteiger partial charge on any atom is 0.305 e. The van der Waals surface area contributed by atoms with Crippen molar-refractivity contribution in [2.75, 3.05) is 26.7 Å². The van der Waals surface area contributed by atoms with Crippen LogP contribution in [0.2, 0.25) is 0 Å². The number of hydroxylamine groups is 2. The Balaban J connectivity index is 1.99. The molecule has 206 valence electrons. The van der Waals surface area contributed by atoms with Crippen molar-refractivity contribution in [1.29, 1.82) is 0 Å². The number of carbonyl (C=O) groups excluding carboxylic acids is 4. The molecule has 1 aromatic rings. The molecular formula is C27H42N4O6. The van der Waals surface area contributed by atoms with Gasteiger partial charge in [0, 0.05) is 31.8 Å². The standard InChI is InChI=1S/C27H42N4O6/c1-37-26(34)15-10-5-3-2-4-9-14-22(19-24(32)29-17-11-16-28)30-20-25(33)31(36)23(27(30)35)18-21-12-7-6-8-13-21/h6-8,12-13,22-23,36H,2-5,9-11,14-20,28H2,1H3,(H,29,32)/t22-,23+/m1/s1. The zero-order valence-electron chi connectivity index (χ0n) is 21.9. The molecule has 0 saturated carbocycles. The summed E-state index contributed by atoms with van der Waals surface area (Å²) in [6.07, 6.45) is 7.35.